The Balaban J connectivity index is 2.91. The van der Waals surface area contributed by atoms with Crippen molar-refractivity contribution in [2.75, 3.05) is 6.56 Å². The molecule has 0 radical (unpaired) electrons. The quantitative estimate of drug-likeness (QED) is 0.332. The summed E-state index contributed by atoms with van der Waals surface area (Å²) in [4.78, 5) is 0. The largest absolute Gasteiger partial charge is 0.394 e. The van der Waals surface area contributed by atoms with Crippen LogP contribution in [0.5, 0.6) is 0 Å². The van der Waals surface area contributed by atoms with Gasteiger partial charge in [0.1, 0.15) is 18.3 Å². The third-order valence-corrected chi connectivity index (χ3v) is 1.23. The van der Waals surface area contributed by atoms with Crippen molar-refractivity contribution in [1.82, 2.24) is 0 Å². The zero-order valence-electron chi connectivity index (χ0n) is 7.93. The number of aliphatic hydroxyl groups excluding tert-OH is 2. The summed E-state index contributed by atoms with van der Waals surface area (Å²) in [5.41, 5.74) is 0. The molecule has 0 saturated carbocycles. The van der Waals surface area contributed by atoms with Gasteiger partial charge in [-0.25, -0.2) is 0 Å². The molecule has 1 rings (SSSR count). The van der Waals surface area contributed by atoms with Crippen molar-refractivity contribution in [2.45, 2.75) is 24.6 Å². The molecule has 0 spiro atoms. The molecule has 1 heterocycles. The maximum atomic E-state index is 9.16. The molecule has 10 heavy (non-hydrogen) atoms. The number of rotatable bonds is 1. The summed E-state index contributed by atoms with van der Waals surface area (Å²) in [6.45, 7) is -3.01. The third kappa shape index (κ3) is 1.14. The molecule has 1 fully saturated rings. The number of ether oxygens (including phenoxy) is 1. The highest BCUT2D eigenvalue weighted by atomic mass is 16.6. The van der Waals surface area contributed by atoms with Gasteiger partial charge in [0.2, 0.25) is 0 Å². The zero-order valence-corrected chi connectivity index (χ0v) is 4.93. The first-order chi connectivity index (χ1) is 5.67. The van der Waals surface area contributed by atoms with E-state index in [0.717, 1.165) is 0 Å². The third-order valence-electron chi connectivity index (χ3n) is 1.23. The molecule has 0 bridgehead atoms. The molecule has 2 unspecified atom stereocenters. The monoisotopic (exact) mass is 153 g/mol. The first kappa shape index (κ1) is 4.63. The van der Waals surface area contributed by atoms with Crippen molar-refractivity contribution < 1.29 is 29.3 Å². The predicted molar refractivity (Wildman–Crippen MR) is 30.0 cm³/mol. The molecule has 4 atom stereocenters. The van der Waals surface area contributed by atoms with E-state index in [1.165, 1.54) is 0 Å². The van der Waals surface area contributed by atoms with Crippen molar-refractivity contribution in [3.8, 4) is 0 Å². The van der Waals surface area contributed by atoms with Crippen LogP contribution in [-0.4, -0.2) is 51.6 Å². The van der Waals surface area contributed by atoms with E-state index in [4.69, 9.17) is 24.5 Å². The average Bonchev–Trinajstić information content (AvgIpc) is 2.12. The van der Waals surface area contributed by atoms with Gasteiger partial charge in [0.25, 0.3) is 0 Å². The number of hydrogen-bond donors (Lipinski definition) is 4. The molecule has 0 amide bonds. The molecule has 0 aromatic heterocycles. The smallest absolute Gasteiger partial charge is 0.184 e. The van der Waals surface area contributed by atoms with Crippen molar-refractivity contribution >= 4 is 0 Å². The van der Waals surface area contributed by atoms with Crippen LogP contribution in [0.25, 0.3) is 0 Å². The van der Waals surface area contributed by atoms with Gasteiger partial charge in [-0.1, -0.05) is 0 Å². The highest BCUT2D eigenvalue weighted by Crippen LogP contribution is 2.18. The van der Waals surface area contributed by atoms with E-state index in [1.54, 1.807) is 0 Å². The van der Waals surface area contributed by atoms with Gasteiger partial charge >= 0.3 is 0 Å². The molecular weight excluding hydrogens is 140 g/mol. The maximum absolute atomic E-state index is 9.16. The summed E-state index contributed by atoms with van der Waals surface area (Å²) >= 11 is 0. The van der Waals surface area contributed by atoms with Gasteiger partial charge in [-0.15, -0.1) is 0 Å². The lowest BCUT2D eigenvalue weighted by molar-refractivity contribution is -0.132. The second-order valence-corrected chi connectivity index (χ2v) is 1.91. The van der Waals surface area contributed by atoms with Gasteiger partial charge in [0, 0.05) is 0 Å². The molecular formula is C5H10O5. The summed E-state index contributed by atoms with van der Waals surface area (Å²) < 4.78 is 24.9. The van der Waals surface area contributed by atoms with E-state index in [0.29, 0.717) is 0 Å². The van der Waals surface area contributed by atoms with Gasteiger partial charge in [-0.05, 0) is 0 Å². The first-order valence-electron chi connectivity index (χ1n) is 4.13. The number of hydrogen-bond acceptors (Lipinski definition) is 5. The maximum Gasteiger partial charge on any atom is 0.184 e. The predicted octanol–water partition coefficient (Wildman–Crippen LogP) is -2.58. The van der Waals surface area contributed by atoms with Gasteiger partial charge in [0.15, 0.2) is 6.29 Å². The van der Waals surface area contributed by atoms with Gasteiger partial charge < -0.3 is 25.2 Å². The SMILES string of the molecule is [2H]C([2H])(O)[C@H]1OC(O)C(O)[C@@]1([2H])O. The summed E-state index contributed by atoms with van der Waals surface area (Å²) in [6.07, 6.45) is -8.63. The Hall–Kier alpha value is -0.200. The minimum absolute atomic E-state index is 1.88. The Morgan fingerprint density at radius 3 is 2.30 bits per heavy atom. The van der Waals surface area contributed by atoms with Crippen LogP contribution >= 0.6 is 0 Å². The summed E-state index contributed by atoms with van der Waals surface area (Å²) in [6, 6.07) is 0. The summed E-state index contributed by atoms with van der Waals surface area (Å²) in [7, 11) is 0. The fraction of sp³-hybridized carbons (Fsp3) is 1.00. The Labute approximate surface area is 61.7 Å². The molecule has 4 N–H and O–H groups in total. The fourth-order valence-corrected chi connectivity index (χ4v) is 0.681. The summed E-state index contributed by atoms with van der Waals surface area (Å²) in [5.74, 6) is 0. The van der Waals surface area contributed by atoms with E-state index in [9.17, 15) is 0 Å². The van der Waals surface area contributed by atoms with Crippen molar-refractivity contribution in [2.24, 2.45) is 0 Å². The highest BCUT2D eigenvalue weighted by molar-refractivity contribution is 4.84. The average molecular weight is 153 g/mol. The molecule has 5 nitrogen and oxygen atoms in total. The van der Waals surface area contributed by atoms with E-state index >= 15 is 0 Å². The fourth-order valence-electron chi connectivity index (χ4n) is 0.681. The van der Waals surface area contributed by atoms with Crippen LogP contribution < -0.4 is 0 Å². The minimum Gasteiger partial charge on any atom is -0.394 e. The van der Waals surface area contributed by atoms with Crippen molar-refractivity contribution in [1.29, 1.82) is 0 Å². The Bertz CT molecular complexity index is 203. The molecule has 1 aliphatic rings. The summed E-state index contributed by atoms with van der Waals surface area (Å²) in [5, 5.41) is 35.8. The number of aliphatic hydroxyl groups is 4. The van der Waals surface area contributed by atoms with Gasteiger partial charge in [-0.2, -0.15) is 0 Å². The van der Waals surface area contributed by atoms with Crippen LogP contribution in [0.4, 0.5) is 0 Å². The van der Waals surface area contributed by atoms with E-state index < -0.39 is 31.1 Å². The van der Waals surface area contributed by atoms with Crippen LogP contribution in [0.1, 0.15) is 4.11 Å². The van der Waals surface area contributed by atoms with E-state index in [2.05, 4.69) is 4.74 Å². The standard InChI is InChI=1S/C5H10O5/c6-1-2-3(7)4(8)5(9)10-2/h2-9H,1H2/t2-,3+,4?,5?/m1/s1/i1D2,3D. The Morgan fingerprint density at radius 1 is 1.50 bits per heavy atom. The lowest BCUT2D eigenvalue weighted by Gasteiger charge is -2.09. The van der Waals surface area contributed by atoms with E-state index in [-0.39, 0.29) is 0 Å². The van der Waals surface area contributed by atoms with E-state index in [1.807, 2.05) is 0 Å². The Kier molecular flexibility index (Phi) is 1.30. The van der Waals surface area contributed by atoms with Crippen molar-refractivity contribution in [3.63, 3.8) is 0 Å². The molecule has 0 aliphatic carbocycles. The van der Waals surface area contributed by atoms with Gasteiger partial charge in [0.05, 0.1) is 10.7 Å². The van der Waals surface area contributed by atoms with Crippen LogP contribution in [-0.2, 0) is 4.74 Å². The topological polar surface area (TPSA) is 90.2 Å². The van der Waals surface area contributed by atoms with Crippen LogP contribution in [0, 0.1) is 0 Å². The second-order valence-electron chi connectivity index (χ2n) is 1.91. The molecule has 1 aliphatic heterocycles. The Morgan fingerprint density at radius 2 is 2.10 bits per heavy atom. The van der Waals surface area contributed by atoms with Crippen LogP contribution in [0.2, 0.25) is 0 Å². The minimum atomic E-state index is -3.01. The lowest BCUT2D eigenvalue weighted by atomic mass is 10.1. The second kappa shape index (κ2) is 2.81. The van der Waals surface area contributed by atoms with Crippen LogP contribution in [0.3, 0.4) is 0 Å². The zero-order chi connectivity index (χ0) is 10.4. The molecule has 5 heteroatoms. The highest BCUT2D eigenvalue weighted by Gasteiger charge is 2.41. The van der Waals surface area contributed by atoms with Crippen LogP contribution in [0.15, 0.2) is 0 Å². The lowest BCUT2D eigenvalue weighted by Crippen LogP contribution is -2.33. The normalized spacial score (nSPS) is 61.2. The van der Waals surface area contributed by atoms with Gasteiger partial charge in [-0.3, -0.25) is 0 Å². The first-order valence-corrected chi connectivity index (χ1v) is 2.63. The molecule has 60 valence electrons. The molecule has 0 aromatic carbocycles. The van der Waals surface area contributed by atoms with Crippen molar-refractivity contribution in [3.05, 3.63) is 0 Å². The molecule has 1 saturated heterocycles. The molecule has 0 aromatic rings.